The predicted octanol–water partition coefficient (Wildman–Crippen LogP) is 4.09. The highest BCUT2D eigenvalue weighted by molar-refractivity contribution is 5.95. The Kier molecular flexibility index (Phi) is 3.93. The van der Waals surface area contributed by atoms with Crippen molar-refractivity contribution in [2.24, 2.45) is 0 Å². The Morgan fingerprint density at radius 1 is 1.08 bits per heavy atom. The van der Waals surface area contributed by atoms with Crippen LogP contribution >= 0.6 is 0 Å². The summed E-state index contributed by atoms with van der Waals surface area (Å²) in [5.74, 6) is -0.619. The number of esters is 1. The van der Waals surface area contributed by atoms with Crippen molar-refractivity contribution in [3.05, 3.63) is 84.1 Å². The lowest BCUT2D eigenvalue weighted by Crippen LogP contribution is -2.11. The average Bonchev–Trinajstić information content (AvgIpc) is 3.04. The number of rotatable bonds is 3. The monoisotopic (exact) mass is 347 g/mol. The van der Waals surface area contributed by atoms with Crippen LogP contribution in [-0.2, 0) is 0 Å². The van der Waals surface area contributed by atoms with E-state index in [0.717, 1.165) is 5.39 Å². The van der Waals surface area contributed by atoms with E-state index in [0.29, 0.717) is 17.0 Å². The quantitative estimate of drug-likeness (QED) is 0.414. The second kappa shape index (κ2) is 6.40. The molecular formula is C20H14FN3O2. The number of carbonyl (C=O) groups is 1. The van der Waals surface area contributed by atoms with Crippen molar-refractivity contribution < 1.29 is 13.9 Å². The number of benzene rings is 2. The zero-order valence-electron chi connectivity index (χ0n) is 13.9. The molecule has 4 aromatic rings. The summed E-state index contributed by atoms with van der Waals surface area (Å²) < 4.78 is 20.9. The van der Waals surface area contributed by atoms with Gasteiger partial charge in [0.25, 0.3) is 0 Å². The summed E-state index contributed by atoms with van der Waals surface area (Å²) in [4.78, 5) is 16.9. The number of carbonyl (C=O) groups excluding carboxylic acids is 1. The normalized spacial score (nSPS) is 10.8. The van der Waals surface area contributed by atoms with Crippen LogP contribution in [0.4, 0.5) is 4.39 Å². The molecule has 4 rings (SSSR count). The van der Waals surface area contributed by atoms with Crippen molar-refractivity contribution >= 4 is 16.9 Å². The maximum absolute atomic E-state index is 14.0. The molecule has 0 bridgehead atoms. The number of aromatic nitrogens is 3. The van der Waals surface area contributed by atoms with Crippen LogP contribution in [0.25, 0.3) is 16.6 Å². The molecule has 2 aromatic carbocycles. The van der Waals surface area contributed by atoms with E-state index in [1.165, 1.54) is 16.9 Å². The first-order valence-electron chi connectivity index (χ1n) is 8.00. The standard InChI is InChI=1S/C20H14FN3O2/c1-13-15(12-23-24(13)17-9-3-2-8-16(17)21)20(25)26-18-10-4-6-14-7-5-11-22-19(14)18/h2-12H,1H3. The van der Waals surface area contributed by atoms with Crippen LogP contribution in [-0.4, -0.2) is 20.7 Å². The van der Waals surface area contributed by atoms with Gasteiger partial charge in [0.1, 0.15) is 22.6 Å². The fourth-order valence-electron chi connectivity index (χ4n) is 2.79. The molecule has 0 unspecified atom stereocenters. The van der Waals surface area contributed by atoms with E-state index in [1.54, 1.807) is 43.5 Å². The fraction of sp³-hybridized carbons (Fsp3) is 0.0500. The van der Waals surface area contributed by atoms with E-state index >= 15 is 0 Å². The SMILES string of the molecule is Cc1c(C(=O)Oc2cccc3cccnc23)cnn1-c1ccccc1F. The first-order valence-corrected chi connectivity index (χ1v) is 8.00. The summed E-state index contributed by atoms with van der Waals surface area (Å²) >= 11 is 0. The molecule has 0 radical (unpaired) electrons. The average molecular weight is 347 g/mol. The number of ether oxygens (including phenoxy) is 1. The van der Waals surface area contributed by atoms with Crippen molar-refractivity contribution in [1.29, 1.82) is 0 Å². The van der Waals surface area contributed by atoms with Gasteiger partial charge in [-0.25, -0.2) is 13.9 Å². The molecule has 0 amide bonds. The molecule has 0 atom stereocenters. The summed E-state index contributed by atoms with van der Waals surface area (Å²) in [6, 6.07) is 15.3. The number of pyridine rings is 1. The Labute approximate surface area is 148 Å². The Bertz CT molecular complexity index is 1120. The third-order valence-electron chi connectivity index (χ3n) is 4.11. The fourth-order valence-corrected chi connectivity index (χ4v) is 2.79. The molecule has 5 nitrogen and oxygen atoms in total. The van der Waals surface area contributed by atoms with Crippen molar-refractivity contribution in [3.8, 4) is 11.4 Å². The minimum atomic E-state index is -0.566. The Balaban J connectivity index is 1.68. The summed E-state index contributed by atoms with van der Waals surface area (Å²) in [6.45, 7) is 1.69. The molecule has 2 heterocycles. The number of para-hydroxylation sites is 2. The first kappa shape index (κ1) is 16.0. The molecule has 0 saturated heterocycles. The first-order chi connectivity index (χ1) is 12.6. The van der Waals surface area contributed by atoms with Gasteiger partial charge in [-0.2, -0.15) is 5.10 Å². The maximum Gasteiger partial charge on any atom is 0.347 e. The van der Waals surface area contributed by atoms with E-state index in [9.17, 15) is 9.18 Å². The van der Waals surface area contributed by atoms with Gasteiger partial charge in [-0.1, -0.05) is 30.3 Å². The lowest BCUT2D eigenvalue weighted by molar-refractivity contribution is 0.0736. The van der Waals surface area contributed by atoms with Gasteiger partial charge >= 0.3 is 5.97 Å². The molecular weight excluding hydrogens is 333 g/mol. The summed E-state index contributed by atoms with van der Waals surface area (Å²) in [7, 11) is 0. The number of halogens is 1. The molecule has 0 aliphatic heterocycles. The lowest BCUT2D eigenvalue weighted by atomic mass is 10.2. The molecule has 6 heteroatoms. The van der Waals surface area contributed by atoms with Crippen molar-refractivity contribution in [2.45, 2.75) is 6.92 Å². The molecule has 128 valence electrons. The van der Waals surface area contributed by atoms with Gasteiger partial charge in [0.2, 0.25) is 0 Å². The van der Waals surface area contributed by atoms with Crippen molar-refractivity contribution in [3.63, 3.8) is 0 Å². The van der Waals surface area contributed by atoms with Crippen LogP contribution in [0.1, 0.15) is 16.1 Å². The molecule has 0 aliphatic rings. The molecule has 0 N–H and O–H groups in total. The number of fused-ring (bicyclic) bond motifs is 1. The van der Waals surface area contributed by atoms with E-state index in [1.807, 2.05) is 18.2 Å². The molecule has 2 aromatic heterocycles. The van der Waals surface area contributed by atoms with Crippen LogP contribution in [0.5, 0.6) is 5.75 Å². The van der Waals surface area contributed by atoms with Crippen LogP contribution in [0.15, 0.2) is 67.0 Å². The highest BCUT2D eigenvalue weighted by Crippen LogP contribution is 2.25. The largest absolute Gasteiger partial charge is 0.421 e. The van der Waals surface area contributed by atoms with Gasteiger partial charge in [0.05, 0.1) is 11.9 Å². The smallest absolute Gasteiger partial charge is 0.347 e. The van der Waals surface area contributed by atoms with Crippen LogP contribution in [0, 0.1) is 12.7 Å². The molecule has 0 saturated carbocycles. The third kappa shape index (κ3) is 2.71. The zero-order chi connectivity index (χ0) is 18.1. The van der Waals surface area contributed by atoms with E-state index in [2.05, 4.69) is 10.1 Å². The van der Waals surface area contributed by atoms with Gasteiger partial charge in [0, 0.05) is 11.6 Å². The van der Waals surface area contributed by atoms with Gasteiger partial charge in [-0.15, -0.1) is 0 Å². The lowest BCUT2D eigenvalue weighted by Gasteiger charge is -2.08. The Hall–Kier alpha value is -3.54. The molecule has 26 heavy (non-hydrogen) atoms. The predicted molar refractivity (Wildman–Crippen MR) is 95.0 cm³/mol. The second-order valence-electron chi connectivity index (χ2n) is 5.73. The summed E-state index contributed by atoms with van der Waals surface area (Å²) in [6.07, 6.45) is 3.02. The van der Waals surface area contributed by atoms with Gasteiger partial charge < -0.3 is 4.74 Å². The van der Waals surface area contributed by atoms with E-state index in [-0.39, 0.29) is 11.3 Å². The maximum atomic E-state index is 14.0. The topological polar surface area (TPSA) is 57.0 Å². The Morgan fingerprint density at radius 3 is 2.73 bits per heavy atom. The minimum absolute atomic E-state index is 0.265. The van der Waals surface area contributed by atoms with Crippen LogP contribution < -0.4 is 4.74 Å². The minimum Gasteiger partial charge on any atom is -0.421 e. The Morgan fingerprint density at radius 2 is 1.88 bits per heavy atom. The highest BCUT2D eigenvalue weighted by atomic mass is 19.1. The van der Waals surface area contributed by atoms with E-state index < -0.39 is 11.8 Å². The van der Waals surface area contributed by atoms with Crippen molar-refractivity contribution in [1.82, 2.24) is 14.8 Å². The number of hydrogen-bond acceptors (Lipinski definition) is 4. The van der Waals surface area contributed by atoms with Gasteiger partial charge in [-0.3, -0.25) is 4.98 Å². The van der Waals surface area contributed by atoms with E-state index in [4.69, 9.17) is 4.74 Å². The number of nitrogens with zero attached hydrogens (tertiary/aromatic N) is 3. The van der Waals surface area contributed by atoms with Crippen LogP contribution in [0.2, 0.25) is 0 Å². The zero-order valence-corrected chi connectivity index (χ0v) is 13.9. The molecule has 0 aliphatic carbocycles. The number of hydrogen-bond donors (Lipinski definition) is 0. The van der Waals surface area contributed by atoms with Gasteiger partial charge in [0.15, 0.2) is 5.75 Å². The molecule has 0 spiro atoms. The molecule has 0 fully saturated rings. The van der Waals surface area contributed by atoms with Gasteiger partial charge in [-0.05, 0) is 31.2 Å². The second-order valence-corrected chi connectivity index (χ2v) is 5.73. The summed E-state index contributed by atoms with van der Waals surface area (Å²) in [5, 5.41) is 5.00. The van der Waals surface area contributed by atoms with Crippen LogP contribution in [0.3, 0.4) is 0 Å². The summed E-state index contributed by atoms with van der Waals surface area (Å²) in [5.41, 5.74) is 1.63. The third-order valence-corrected chi connectivity index (χ3v) is 4.11. The highest BCUT2D eigenvalue weighted by Gasteiger charge is 2.19. The van der Waals surface area contributed by atoms with Crippen molar-refractivity contribution in [2.75, 3.05) is 0 Å².